The van der Waals surface area contributed by atoms with Crippen molar-refractivity contribution in [1.29, 1.82) is 0 Å². The monoisotopic (exact) mass is 247 g/mol. The number of nitrogens with zero attached hydrogens (tertiary/aromatic N) is 2. The maximum atomic E-state index is 12.4. The molecule has 4 nitrogen and oxygen atoms in total. The van der Waals surface area contributed by atoms with E-state index in [1.807, 2.05) is 24.9 Å². The third-order valence-corrected chi connectivity index (χ3v) is 3.64. The van der Waals surface area contributed by atoms with Gasteiger partial charge in [0.25, 0.3) is 5.91 Å². The second-order valence-electron chi connectivity index (χ2n) is 4.82. The molecule has 0 atom stereocenters. The number of hydrogen-bond acceptors (Lipinski definition) is 3. The summed E-state index contributed by atoms with van der Waals surface area (Å²) in [5.41, 5.74) is 0.718. The van der Waals surface area contributed by atoms with Crippen molar-refractivity contribution in [2.45, 2.75) is 26.2 Å². The third-order valence-electron chi connectivity index (χ3n) is 3.64. The lowest BCUT2D eigenvalue weighted by atomic mass is 9.85. The maximum absolute atomic E-state index is 12.4. The van der Waals surface area contributed by atoms with Crippen molar-refractivity contribution in [1.82, 2.24) is 9.88 Å². The Kier molecular flexibility index (Phi) is 4.18. The Morgan fingerprint density at radius 3 is 2.89 bits per heavy atom. The molecule has 1 aliphatic carbocycles. The zero-order valence-electron chi connectivity index (χ0n) is 11.1. The Balaban J connectivity index is 2.06. The summed E-state index contributed by atoms with van der Waals surface area (Å²) in [5.74, 6) is 1.56. The molecule has 0 unspecified atom stereocenters. The van der Waals surface area contributed by atoms with Crippen molar-refractivity contribution in [3.63, 3.8) is 0 Å². The zero-order chi connectivity index (χ0) is 13.0. The molecule has 1 heterocycles. The topological polar surface area (TPSA) is 45.2 Å². The minimum atomic E-state index is 0.114. The second kappa shape index (κ2) is 5.85. The van der Waals surface area contributed by atoms with E-state index in [1.54, 1.807) is 12.3 Å². The Bertz CT molecular complexity index is 415. The van der Waals surface area contributed by atoms with Crippen molar-refractivity contribution >= 4 is 11.7 Å². The molecule has 4 heteroatoms. The normalized spacial score (nSPS) is 15.0. The molecule has 1 amide bonds. The first-order chi connectivity index (χ1) is 8.74. The van der Waals surface area contributed by atoms with Crippen molar-refractivity contribution in [3.8, 4) is 0 Å². The lowest BCUT2D eigenvalue weighted by molar-refractivity contribution is 0.0706. The Morgan fingerprint density at radius 2 is 2.33 bits per heavy atom. The number of rotatable bonds is 5. The van der Waals surface area contributed by atoms with Crippen LogP contribution in [0.15, 0.2) is 18.3 Å². The highest BCUT2D eigenvalue weighted by Gasteiger charge is 2.23. The lowest BCUT2D eigenvalue weighted by Crippen LogP contribution is -2.37. The van der Waals surface area contributed by atoms with Gasteiger partial charge in [-0.3, -0.25) is 4.79 Å². The van der Waals surface area contributed by atoms with Crippen LogP contribution < -0.4 is 5.32 Å². The van der Waals surface area contributed by atoms with E-state index in [4.69, 9.17) is 0 Å². The van der Waals surface area contributed by atoms with E-state index in [9.17, 15) is 4.79 Å². The van der Waals surface area contributed by atoms with Gasteiger partial charge in [-0.25, -0.2) is 4.98 Å². The van der Waals surface area contributed by atoms with Crippen LogP contribution in [0.3, 0.4) is 0 Å². The van der Waals surface area contributed by atoms with Crippen LogP contribution >= 0.6 is 0 Å². The van der Waals surface area contributed by atoms with Gasteiger partial charge in [0.2, 0.25) is 0 Å². The number of carbonyl (C=O) groups excluding carboxylic acids is 1. The molecule has 98 valence electrons. The van der Waals surface area contributed by atoms with Crippen LogP contribution in [0.1, 0.15) is 36.5 Å². The smallest absolute Gasteiger partial charge is 0.254 e. The molecule has 2 rings (SSSR count). The van der Waals surface area contributed by atoms with E-state index in [2.05, 4.69) is 10.3 Å². The highest BCUT2D eigenvalue weighted by Crippen LogP contribution is 2.27. The molecule has 0 radical (unpaired) electrons. The largest absolute Gasteiger partial charge is 0.373 e. The van der Waals surface area contributed by atoms with Crippen LogP contribution in [0, 0.1) is 5.92 Å². The van der Waals surface area contributed by atoms with Crippen LogP contribution in [0.25, 0.3) is 0 Å². The summed E-state index contributed by atoms with van der Waals surface area (Å²) in [5, 5.41) is 2.96. The number of aromatic nitrogens is 1. The number of hydrogen-bond donors (Lipinski definition) is 1. The van der Waals surface area contributed by atoms with Crippen molar-refractivity contribution in [2.75, 3.05) is 25.5 Å². The first kappa shape index (κ1) is 12.9. The molecule has 0 aromatic carbocycles. The fourth-order valence-electron chi connectivity index (χ4n) is 2.23. The first-order valence-corrected chi connectivity index (χ1v) is 6.67. The number of pyridine rings is 1. The van der Waals surface area contributed by atoms with E-state index in [-0.39, 0.29) is 5.91 Å². The first-order valence-electron chi connectivity index (χ1n) is 6.67. The number of amides is 1. The van der Waals surface area contributed by atoms with E-state index >= 15 is 0 Å². The molecule has 0 saturated heterocycles. The van der Waals surface area contributed by atoms with Gasteiger partial charge in [0.15, 0.2) is 0 Å². The SMILES string of the molecule is CCN(CC1CCC1)C(=O)c1ccnc(NC)c1. The van der Waals surface area contributed by atoms with Crippen molar-refractivity contribution in [2.24, 2.45) is 5.92 Å². The molecular formula is C14H21N3O. The minimum Gasteiger partial charge on any atom is -0.373 e. The average molecular weight is 247 g/mol. The summed E-state index contributed by atoms with van der Waals surface area (Å²) in [6.07, 6.45) is 5.52. The molecular weight excluding hydrogens is 226 g/mol. The summed E-state index contributed by atoms with van der Waals surface area (Å²) in [6.45, 7) is 3.70. The number of nitrogens with one attached hydrogen (secondary N) is 1. The van der Waals surface area contributed by atoms with Gasteiger partial charge in [0.05, 0.1) is 0 Å². The van der Waals surface area contributed by atoms with Gasteiger partial charge in [-0.15, -0.1) is 0 Å². The van der Waals surface area contributed by atoms with Crippen LogP contribution in [0.4, 0.5) is 5.82 Å². The van der Waals surface area contributed by atoms with E-state index < -0.39 is 0 Å². The Hall–Kier alpha value is -1.58. The molecule has 0 bridgehead atoms. The van der Waals surface area contributed by atoms with E-state index in [1.165, 1.54) is 19.3 Å². The summed E-state index contributed by atoms with van der Waals surface area (Å²) < 4.78 is 0. The van der Waals surface area contributed by atoms with Gasteiger partial charge in [-0.2, -0.15) is 0 Å². The quantitative estimate of drug-likeness (QED) is 0.869. The molecule has 1 N–H and O–H groups in total. The van der Waals surface area contributed by atoms with Crippen LogP contribution in [0.2, 0.25) is 0 Å². The predicted octanol–water partition coefficient (Wildman–Crippen LogP) is 2.39. The maximum Gasteiger partial charge on any atom is 0.254 e. The molecule has 18 heavy (non-hydrogen) atoms. The lowest BCUT2D eigenvalue weighted by Gasteiger charge is -2.31. The van der Waals surface area contributed by atoms with E-state index in [0.717, 1.165) is 24.5 Å². The minimum absolute atomic E-state index is 0.114. The molecule has 1 aliphatic rings. The summed E-state index contributed by atoms with van der Waals surface area (Å²) >= 11 is 0. The van der Waals surface area contributed by atoms with Gasteiger partial charge < -0.3 is 10.2 Å². The highest BCUT2D eigenvalue weighted by atomic mass is 16.2. The van der Waals surface area contributed by atoms with Gasteiger partial charge in [0.1, 0.15) is 5.82 Å². The summed E-state index contributed by atoms with van der Waals surface area (Å²) in [6, 6.07) is 3.60. The van der Waals surface area contributed by atoms with Crippen LogP contribution in [-0.2, 0) is 0 Å². The fourth-order valence-corrected chi connectivity index (χ4v) is 2.23. The fraction of sp³-hybridized carbons (Fsp3) is 0.571. The molecule has 1 aromatic heterocycles. The second-order valence-corrected chi connectivity index (χ2v) is 4.82. The van der Waals surface area contributed by atoms with Crippen LogP contribution in [-0.4, -0.2) is 35.9 Å². The number of anilines is 1. The average Bonchev–Trinajstić information content (AvgIpc) is 2.37. The highest BCUT2D eigenvalue weighted by molar-refractivity contribution is 5.94. The van der Waals surface area contributed by atoms with Crippen LogP contribution in [0.5, 0.6) is 0 Å². The molecule has 1 saturated carbocycles. The Labute approximate surface area is 108 Å². The number of carbonyl (C=O) groups is 1. The Morgan fingerprint density at radius 1 is 1.56 bits per heavy atom. The molecule has 1 fully saturated rings. The molecule has 0 aliphatic heterocycles. The van der Waals surface area contributed by atoms with Gasteiger partial charge >= 0.3 is 0 Å². The third kappa shape index (κ3) is 2.81. The molecule has 0 spiro atoms. The van der Waals surface area contributed by atoms with Crippen molar-refractivity contribution in [3.05, 3.63) is 23.9 Å². The van der Waals surface area contributed by atoms with Gasteiger partial charge in [-0.05, 0) is 37.8 Å². The van der Waals surface area contributed by atoms with Crippen molar-refractivity contribution < 1.29 is 4.79 Å². The molecule has 1 aromatic rings. The predicted molar refractivity (Wildman–Crippen MR) is 72.7 cm³/mol. The summed E-state index contributed by atoms with van der Waals surface area (Å²) in [4.78, 5) is 18.5. The summed E-state index contributed by atoms with van der Waals surface area (Å²) in [7, 11) is 1.81. The standard InChI is InChI=1S/C14H21N3O/c1-3-17(10-11-5-4-6-11)14(18)12-7-8-16-13(9-12)15-2/h7-9,11H,3-6,10H2,1-2H3,(H,15,16). The van der Waals surface area contributed by atoms with Gasteiger partial charge in [-0.1, -0.05) is 6.42 Å². The zero-order valence-corrected chi connectivity index (χ0v) is 11.1. The van der Waals surface area contributed by atoms with E-state index in [0.29, 0.717) is 5.92 Å². The van der Waals surface area contributed by atoms with Gasteiger partial charge in [0, 0.05) is 31.9 Å².